The summed E-state index contributed by atoms with van der Waals surface area (Å²) in [5.41, 5.74) is 2.87. The van der Waals surface area contributed by atoms with E-state index in [1.807, 2.05) is 0 Å². The molecule has 28 heavy (non-hydrogen) atoms. The molecule has 1 aliphatic carbocycles. The maximum Gasteiger partial charge on any atom is 0.231 e. The second-order valence-electron chi connectivity index (χ2n) is 7.98. The van der Waals surface area contributed by atoms with Gasteiger partial charge in [-0.1, -0.05) is 50.5 Å². The van der Waals surface area contributed by atoms with E-state index >= 15 is 0 Å². The van der Waals surface area contributed by atoms with Crippen molar-refractivity contribution in [1.82, 2.24) is 15.0 Å². The molecule has 6 heteroatoms. The van der Waals surface area contributed by atoms with Gasteiger partial charge in [-0.15, -0.1) is 0 Å². The summed E-state index contributed by atoms with van der Waals surface area (Å²) in [4.78, 5) is 16.4. The predicted octanol–water partition coefficient (Wildman–Crippen LogP) is 4.04. The normalized spacial score (nSPS) is 16.4. The minimum atomic E-state index is 0.351. The Morgan fingerprint density at radius 3 is 2.36 bits per heavy atom. The van der Waals surface area contributed by atoms with Crippen molar-refractivity contribution < 1.29 is 0 Å². The lowest BCUT2D eigenvalue weighted by Gasteiger charge is -2.19. The van der Waals surface area contributed by atoms with Crippen LogP contribution in [0.5, 0.6) is 0 Å². The van der Waals surface area contributed by atoms with Crippen LogP contribution in [0, 0.1) is 0 Å². The maximum absolute atomic E-state index is 4.75. The Kier molecular flexibility index (Phi) is 6.24. The van der Waals surface area contributed by atoms with Crippen LogP contribution in [0.3, 0.4) is 0 Å². The average molecular weight is 381 g/mol. The Morgan fingerprint density at radius 1 is 0.929 bits per heavy atom. The molecule has 0 saturated carbocycles. The molecule has 2 aliphatic rings. The summed E-state index contributed by atoms with van der Waals surface area (Å²) in [6.07, 6.45) is 9.42. The molecule has 0 radical (unpaired) electrons. The lowest BCUT2D eigenvalue weighted by atomic mass is 10.1. The molecule has 1 saturated heterocycles. The topological polar surface area (TPSA) is 66.0 Å². The molecule has 0 atom stereocenters. The van der Waals surface area contributed by atoms with Gasteiger partial charge in [-0.2, -0.15) is 15.0 Å². The van der Waals surface area contributed by atoms with E-state index in [1.54, 1.807) is 0 Å². The molecule has 1 aliphatic heterocycles. The van der Waals surface area contributed by atoms with Crippen molar-refractivity contribution in [3.05, 3.63) is 35.4 Å². The van der Waals surface area contributed by atoms with Crippen molar-refractivity contribution in [2.75, 3.05) is 35.2 Å². The van der Waals surface area contributed by atoms with Gasteiger partial charge in [0.25, 0.3) is 0 Å². The van der Waals surface area contributed by atoms with Gasteiger partial charge in [0.1, 0.15) is 0 Å². The summed E-state index contributed by atoms with van der Waals surface area (Å²) in [5, 5.41) is 6.99. The first-order valence-corrected chi connectivity index (χ1v) is 10.9. The number of anilines is 3. The van der Waals surface area contributed by atoms with E-state index in [0.717, 1.165) is 44.8 Å². The lowest BCUT2D eigenvalue weighted by Crippen LogP contribution is -2.25. The highest BCUT2D eigenvalue weighted by Crippen LogP contribution is 2.25. The van der Waals surface area contributed by atoms with Gasteiger partial charge in [-0.3, -0.25) is 0 Å². The zero-order valence-electron chi connectivity index (χ0n) is 17.0. The Morgan fingerprint density at radius 2 is 1.64 bits per heavy atom. The monoisotopic (exact) mass is 380 g/mol. The third kappa shape index (κ3) is 4.72. The van der Waals surface area contributed by atoms with Crippen LogP contribution in [0.15, 0.2) is 24.3 Å². The van der Waals surface area contributed by atoms with Crippen molar-refractivity contribution in [2.45, 2.75) is 64.3 Å². The fraction of sp³-hybridized carbons (Fsp3) is 0.591. The van der Waals surface area contributed by atoms with Crippen LogP contribution >= 0.6 is 0 Å². The zero-order valence-corrected chi connectivity index (χ0v) is 17.0. The van der Waals surface area contributed by atoms with Gasteiger partial charge in [-0.05, 0) is 43.2 Å². The average Bonchev–Trinajstić information content (AvgIpc) is 3.37. The number of unbranched alkanes of at least 4 members (excludes halogenated alkanes) is 3. The first kappa shape index (κ1) is 19.0. The van der Waals surface area contributed by atoms with E-state index in [4.69, 9.17) is 9.97 Å². The van der Waals surface area contributed by atoms with Crippen molar-refractivity contribution in [3.8, 4) is 0 Å². The Labute approximate surface area is 168 Å². The SMILES string of the molecule is CCCCCCNc1nc(NC2Cc3ccccc3C2)nc(N2CCCC2)n1. The minimum absolute atomic E-state index is 0.351. The van der Waals surface area contributed by atoms with E-state index in [-0.39, 0.29) is 0 Å². The molecule has 0 spiro atoms. The summed E-state index contributed by atoms with van der Waals surface area (Å²) in [6, 6.07) is 9.04. The predicted molar refractivity (Wildman–Crippen MR) is 115 cm³/mol. The Bertz CT molecular complexity index is 746. The van der Waals surface area contributed by atoms with Gasteiger partial charge in [0.2, 0.25) is 17.8 Å². The highest BCUT2D eigenvalue weighted by Gasteiger charge is 2.23. The molecule has 1 aromatic heterocycles. The summed E-state index contributed by atoms with van der Waals surface area (Å²) in [6.45, 7) is 5.22. The van der Waals surface area contributed by atoms with Gasteiger partial charge >= 0.3 is 0 Å². The van der Waals surface area contributed by atoms with Crippen molar-refractivity contribution >= 4 is 17.8 Å². The highest BCUT2D eigenvalue weighted by molar-refractivity contribution is 5.46. The second kappa shape index (κ2) is 9.22. The first-order chi connectivity index (χ1) is 13.8. The fourth-order valence-corrected chi connectivity index (χ4v) is 4.16. The Hall–Kier alpha value is -2.37. The van der Waals surface area contributed by atoms with Crippen molar-refractivity contribution in [1.29, 1.82) is 0 Å². The molecule has 2 aromatic rings. The summed E-state index contributed by atoms with van der Waals surface area (Å²) >= 11 is 0. The fourth-order valence-electron chi connectivity index (χ4n) is 4.16. The van der Waals surface area contributed by atoms with Crippen LogP contribution in [-0.2, 0) is 12.8 Å². The third-order valence-corrected chi connectivity index (χ3v) is 5.71. The number of rotatable bonds is 9. The molecular formula is C22H32N6. The van der Waals surface area contributed by atoms with Gasteiger partial charge in [0.15, 0.2) is 0 Å². The number of hydrogen-bond donors (Lipinski definition) is 2. The van der Waals surface area contributed by atoms with E-state index < -0.39 is 0 Å². The maximum atomic E-state index is 4.75. The van der Waals surface area contributed by atoms with Crippen LogP contribution in [0.25, 0.3) is 0 Å². The van der Waals surface area contributed by atoms with Crippen LogP contribution in [0.4, 0.5) is 17.8 Å². The zero-order chi connectivity index (χ0) is 19.2. The number of nitrogens with zero attached hydrogens (tertiary/aromatic N) is 4. The van der Waals surface area contributed by atoms with Crippen LogP contribution in [0.1, 0.15) is 56.6 Å². The van der Waals surface area contributed by atoms with Gasteiger partial charge in [-0.25, -0.2) is 0 Å². The van der Waals surface area contributed by atoms with Gasteiger partial charge in [0, 0.05) is 25.7 Å². The molecule has 0 unspecified atom stereocenters. The van der Waals surface area contributed by atoms with Crippen molar-refractivity contribution in [2.24, 2.45) is 0 Å². The van der Waals surface area contributed by atoms with Crippen LogP contribution in [-0.4, -0.2) is 40.6 Å². The van der Waals surface area contributed by atoms with Gasteiger partial charge < -0.3 is 15.5 Å². The van der Waals surface area contributed by atoms with Crippen LogP contribution < -0.4 is 15.5 Å². The molecule has 4 rings (SSSR count). The standard InChI is InChI=1S/C22H32N6/c1-2-3-4-7-12-23-20-25-21(27-22(26-20)28-13-8-9-14-28)24-19-15-17-10-5-6-11-18(17)16-19/h5-6,10-11,19H,2-4,7-9,12-16H2,1H3,(H2,23,24,25,26,27). The summed E-state index contributed by atoms with van der Waals surface area (Å²) < 4.78 is 0. The number of fused-ring (bicyclic) bond motifs is 1. The quantitative estimate of drug-likeness (QED) is 0.640. The molecule has 2 heterocycles. The number of hydrogen-bond acceptors (Lipinski definition) is 6. The Balaban J connectivity index is 1.44. The molecule has 1 aromatic carbocycles. The second-order valence-corrected chi connectivity index (χ2v) is 7.98. The third-order valence-electron chi connectivity index (χ3n) is 5.71. The number of nitrogens with one attached hydrogen (secondary N) is 2. The first-order valence-electron chi connectivity index (χ1n) is 10.9. The molecule has 150 valence electrons. The van der Waals surface area contributed by atoms with Crippen LogP contribution in [0.2, 0.25) is 0 Å². The van der Waals surface area contributed by atoms with E-state index in [0.29, 0.717) is 17.9 Å². The highest BCUT2D eigenvalue weighted by atomic mass is 15.3. The number of aromatic nitrogens is 3. The van der Waals surface area contributed by atoms with Crippen molar-refractivity contribution in [3.63, 3.8) is 0 Å². The van der Waals surface area contributed by atoms with Gasteiger partial charge in [0.05, 0.1) is 0 Å². The molecule has 0 bridgehead atoms. The largest absolute Gasteiger partial charge is 0.354 e. The smallest absolute Gasteiger partial charge is 0.231 e. The molecule has 1 fully saturated rings. The summed E-state index contributed by atoms with van der Waals surface area (Å²) in [7, 11) is 0. The van der Waals surface area contributed by atoms with E-state index in [1.165, 1.54) is 43.2 Å². The minimum Gasteiger partial charge on any atom is -0.354 e. The van der Waals surface area contributed by atoms with E-state index in [9.17, 15) is 0 Å². The van der Waals surface area contributed by atoms with E-state index in [2.05, 4.69) is 51.7 Å². The summed E-state index contributed by atoms with van der Waals surface area (Å²) in [5.74, 6) is 2.21. The molecular weight excluding hydrogens is 348 g/mol. The number of benzene rings is 1. The lowest BCUT2D eigenvalue weighted by molar-refractivity contribution is 0.682. The molecule has 2 N–H and O–H groups in total. The molecule has 6 nitrogen and oxygen atoms in total. The molecule has 0 amide bonds.